The lowest BCUT2D eigenvalue weighted by Crippen LogP contribution is -2.13. The topological polar surface area (TPSA) is 25.8 Å². The van der Waals surface area contributed by atoms with Gasteiger partial charge in [0.15, 0.2) is 0 Å². The van der Waals surface area contributed by atoms with Crippen LogP contribution in [0.15, 0.2) is 60.8 Å². The minimum Gasteiger partial charge on any atom is -0.257 e. The first kappa shape index (κ1) is 19.9. The first-order valence-corrected chi connectivity index (χ1v) is 11.3. The van der Waals surface area contributed by atoms with Gasteiger partial charge >= 0.3 is 0 Å². The molecule has 2 heterocycles. The lowest BCUT2D eigenvalue weighted by molar-refractivity contribution is 0.596. The van der Waals surface area contributed by atoms with Crippen molar-refractivity contribution in [1.29, 1.82) is 0 Å². The summed E-state index contributed by atoms with van der Waals surface area (Å²) >= 11 is 0. The number of hydrogen-bond donors (Lipinski definition) is 0. The third-order valence-electron chi connectivity index (χ3n) is 6.49. The van der Waals surface area contributed by atoms with Crippen molar-refractivity contribution in [3.05, 3.63) is 83.3 Å². The Morgan fingerprint density at radius 1 is 0.871 bits per heavy atom. The molecule has 2 aromatic carbocycles. The first-order chi connectivity index (χ1) is 14.8. The van der Waals surface area contributed by atoms with Crippen LogP contribution in [0.5, 0.6) is 0 Å². The Kier molecular flexibility index (Phi) is 4.69. The van der Waals surface area contributed by atoms with E-state index < -0.39 is 0 Å². The number of fused-ring (bicyclic) bond motifs is 4. The summed E-state index contributed by atoms with van der Waals surface area (Å²) in [5.74, 6) is 0.452. The second kappa shape index (κ2) is 7.30. The van der Waals surface area contributed by atoms with Gasteiger partial charge in [0.25, 0.3) is 0 Å². The molecule has 0 atom stereocenters. The smallest absolute Gasteiger partial charge is 0.0740 e. The number of nitrogens with zero attached hydrogens (tertiary/aromatic N) is 2. The van der Waals surface area contributed by atoms with E-state index in [1.54, 1.807) is 0 Å². The number of pyridine rings is 2. The van der Waals surface area contributed by atoms with Crippen molar-refractivity contribution >= 4 is 10.8 Å². The molecule has 5 rings (SSSR count). The monoisotopic (exact) mass is 406 g/mol. The molecule has 1 aliphatic carbocycles. The molecule has 0 saturated carbocycles. The normalized spacial score (nSPS) is 13.4. The molecular formula is C29H30N2. The quantitative estimate of drug-likeness (QED) is 0.345. The number of aromatic nitrogens is 2. The van der Waals surface area contributed by atoms with Crippen molar-refractivity contribution in [2.75, 3.05) is 0 Å². The number of benzene rings is 2. The molecule has 2 nitrogen and oxygen atoms in total. The largest absolute Gasteiger partial charge is 0.257 e. The van der Waals surface area contributed by atoms with E-state index in [-0.39, 0.29) is 5.41 Å². The third-order valence-corrected chi connectivity index (χ3v) is 6.49. The Morgan fingerprint density at radius 2 is 1.68 bits per heavy atom. The van der Waals surface area contributed by atoms with Crippen molar-refractivity contribution in [3.63, 3.8) is 0 Å². The molecule has 0 fully saturated rings. The Labute approximate surface area is 185 Å². The van der Waals surface area contributed by atoms with Crippen molar-refractivity contribution in [3.8, 4) is 22.4 Å². The molecule has 0 spiro atoms. The summed E-state index contributed by atoms with van der Waals surface area (Å²) in [6, 6.07) is 20.0. The van der Waals surface area contributed by atoms with Gasteiger partial charge < -0.3 is 0 Å². The van der Waals surface area contributed by atoms with Crippen LogP contribution in [0.3, 0.4) is 0 Å². The van der Waals surface area contributed by atoms with Crippen LogP contribution in [0.4, 0.5) is 0 Å². The zero-order valence-corrected chi connectivity index (χ0v) is 19.2. The molecule has 0 amide bonds. The van der Waals surface area contributed by atoms with E-state index >= 15 is 0 Å². The van der Waals surface area contributed by atoms with E-state index in [9.17, 15) is 0 Å². The molecule has 0 N–H and O–H groups in total. The van der Waals surface area contributed by atoms with Crippen LogP contribution in [-0.4, -0.2) is 9.97 Å². The zero-order chi connectivity index (χ0) is 21.8. The lowest BCUT2D eigenvalue weighted by atomic mass is 9.81. The number of aryl methyl sites for hydroxylation is 1. The summed E-state index contributed by atoms with van der Waals surface area (Å²) in [5.41, 5.74) is 10.1. The summed E-state index contributed by atoms with van der Waals surface area (Å²) in [4.78, 5) is 9.87. The molecule has 0 saturated heterocycles. The van der Waals surface area contributed by atoms with Gasteiger partial charge in [0.05, 0.1) is 5.69 Å². The van der Waals surface area contributed by atoms with E-state index in [1.807, 2.05) is 6.20 Å². The summed E-state index contributed by atoms with van der Waals surface area (Å²) in [6.07, 6.45) is 3.92. The van der Waals surface area contributed by atoms with Crippen LogP contribution in [-0.2, 0) is 18.3 Å². The molecule has 156 valence electrons. The Hall–Kier alpha value is -3.00. The van der Waals surface area contributed by atoms with Gasteiger partial charge in [-0.3, -0.25) is 9.97 Å². The maximum atomic E-state index is 4.98. The van der Waals surface area contributed by atoms with Gasteiger partial charge in [-0.05, 0) is 75.9 Å². The van der Waals surface area contributed by atoms with Crippen LogP contribution >= 0.6 is 0 Å². The SMILES string of the molecule is CC(C)c1ccc2c(n1)CCc1c-2ccnc1-c1cc(C(C)(C)C)c2ccccc2c1. The molecule has 0 bridgehead atoms. The van der Waals surface area contributed by atoms with Crippen LogP contribution in [0, 0.1) is 0 Å². The molecule has 0 unspecified atom stereocenters. The highest BCUT2D eigenvalue weighted by Gasteiger charge is 2.24. The van der Waals surface area contributed by atoms with Gasteiger partial charge in [-0.25, -0.2) is 0 Å². The average molecular weight is 407 g/mol. The van der Waals surface area contributed by atoms with Gasteiger partial charge in [0.2, 0.25) is 0 Å². The maximum absolute atomic E-state index is 4.98. The van der Waals surface area contributed by atoms with E-state index in [2.05, 4.69) is 89.2 Å². The fourth-order valence-corrected chi connectivity index (χ4v) is 4.83. The van der Waals surface area contributed by atoms with E-state index in [4.69, 9.17) is 9.97 Å². The van der Waals surface area contributed by atoms with E-state index in [0.717, 1.165) is 18.5 Å². The molecular weight excluding hydrogens is 376 g/mol. The lowest BCUT2D eigenvalue weighted by Gasteiger charge is -2.25. The molecule has 31 heavy (non-hydrogen) atoms. The Balaban J connectivity index is 1.71. The van der Waals surface area contributed by atoms with Crippen molar-refractivity contribution in [2.45, 2.75) is 58.8 Å². The van der Waals surface area contributed by atoms with Gasteiger partial charge in [-0.15, -0.1) is 0 Å². The van der Waals surface area contributed by atoms with Crippen molar-refractivity contribution < 1.29 is 0 Å². The highest BCUT2D eigenvalue weighted by atomic mass is 14.7. The van der Waals surface area contributed by atoms with Crippen molar-refractivity contribution in [1.82, 2.24) is 9.97 Å². The predicted octanol–water partition coefficient (Wildman–Crippen LogP) is 7.48. The van der Waals surface area contributed by atoms with Crippen molar-refractivity contribution in [2.24, 2.45) is 0 Å². The Bertz CT molecular complexity index is 1290. The highest BCUT2D eigenvalue weighted by Crippen LogP contribution is 2.40. The minimum absolute atomic E-state index is 0.0637. The molecule has 2 aromatic heterocycles. The minimum atomic E-state index is 0.0637. The number of rotatable bonds is 2. The summed E-state index contributed by atoms with van der Waals surface area (Å²) in [5, 5.41) is 2.61. The molecule has 4 aromatic rings. The van der Waals surface area contributed by atoms with Crippen LogP contribution in [0.25, 0.3) is 33.2 Å². The first-order valence-electron chi connectivity index (χ1n) is 11.3. The van der Waals surface area contributed by atoms with Gasteiger partial charge in [0, 0.05) is 28.7 Å². The van der Waals surface area contributed by atoms with Gasteiger partial charge in [-0.2, -0.15) is 0 Å². The molecule has 0 aliphatic heterocycles. The predicted molar refractivity (Wildman–Crippen MR) is 131 cm³/mol. The van der Waals surface area contributed by atoms with E-state index in [0.29, 0.717) is 5.92 Å². The third kappa shape index (κ3) is 3.44. The van der Waals surface area contributed by atoms with Gasteiger partial charge in [0.1, 0.15) is 0 Å². The summed E-state index contributed by atoms with van der Waals surface area (Å²) in [7, 11) is 0. The maximum Gasteiger partial charge on any atom is 0.0740 e. The zero-order valence-electron chi connectivity index (χ0n) is 19.2. The fourth-order valence-electron chi connectivity index (χ4n) is 4.83. The van der Waals surface area contributed by atoms with E-state index in [1.165, 1.54) is 50.0 Å². The summed E-state index contributed by atoms with van der Waals surface area (Å²) < 4.78 is 0. The Morgan fingerprint density at radius 3 is 2.45 bits per heavy atom. The fraction of sp³-hybridized carbons (Fsp3) is 0.310. The standard InChI is InChI=1S/C29H30N2/c1-18(2)26-12-10-23-22-14-15-30-28(24(22)11-13-27(23)31-26)20-16-19-8-6-7-9-21(19)25(17-20)29(3,4)5/h6-10,12,14-18H,11,13H2,1-5H3. The van der Waals surface area contributed by atoms with Crippen LogP contribution < -0.4 is 0 Å². The second-order valence-corrected chi connectivity index (χ2v) is 10.1. The molecule has 0 radical (unpaired) electrons. The van der Waals surface area contributed by atoms with Crippen LogP contribution in [0.2, 0.25) is 0 Å². The van der Waals surface area contributed by atoms with Gasteiger partial charge in [-0.1, -0.05) is 65.0 Å². The molecule has 1 aliphatic rings. The molecule has 2 heteroatoms. The summed E-state index contributed by atoms with van der Waals surface area (Å²) in [6.45, 7) is 11.3. The highest BCUT2D eigenvalue weighted by molar-refractivity contribution is 5.92. The number of hydrogen-bond acceptors (Lipinski definition) is 2. The second-order valence-electron chi connectivity index (χ2n) is 10.1. The van der Waals surface area contributed by atoms with Crippen LogP contribution in [0.1, 0.15) is 63.1 Å². The average Bonchev–Trinajstić information content (AvgIpc) is 2.76.